The van der Waals surface area contributed by atoms with Crippen molar-refractivity contribution in [3.05, 3.63) is 65.2 Å². The van der Waals surface area contributed by atoms with Crippen LogP contribution >= 0.6 is 0 Å². The third-order valence-corrected chi connectivity index (χ3v) is 6.94. The Hall–Kier alpha value is -3.39. The third kappa shape index (κ3) is 5.03. The average Bonchev–Trinajstić information content (AvgIpc) is 2.84. The molecule has 2 amide bonds. The number of para-hydroxylation sites is 1. The molecule has 0 saturated heterocycles. The number of benzene rings is 2. The van der Waals surface area contributed by atoms with Crippen LogP contribution in [0.25, 0.3) is 0 Å². The zero-order valence-corrected chi connectivity index (χ0v) is 20.5. The van der Waals surface area contributed by atoms with Crippen molar-refractivity contribution in [2.45, 2.75) is 70.2 Å². The summed E-state index contributed by atoms with van der Waals surface area (Å²) < 4.78 is 5.58. The van der Waals surface area contributed by atoms with Gasteiger partial charge in [-0.1, -0.05) is 50.6 Å². The van der Waals surface area contributed by atoms with Crippen LogP contribution in [0.1, 0.15) is 80.0 Å². The van der Waals surface area contributed by atoms with Gasteiger partial charge in [-0.15, -0.1) is 0 Å². The number of guanidine groups is 1. The van der Waals surface area contributed by atoms with Crippen molar-refractivity contribution >= 4 is 17.8 Å². The van der Waals surface area contributed by atoms with Crippen molar-refractivity contribution in [1.29, 1.82) is 0 Å². The lowest BCUT2D eigenvalue weighted by Crippen LogP contribution is -2.51. The van der Waals surface area contributed by atoms with E-state index in [1.54, 1.807) is 23.1 Å². The number of nitrogens with zero attached hydrogens (tertiary/aromatic N) is 2. The number of aliphatic hydroxyl groups excluding tert-OH is 1. The molecule has 8 nitrogen and oxygen atoms in total. The minimum absolute atomic E-state index is 0.0583. The summed E-state index contributed by atoms with van der Waals surface area (Å²) in [4.78, 5) is 32.6. The lowest BCUT2D eigenvalue weighted by Gasteiger charge is -2.39. The van der Waals surface area contributed by atoms with Crippen LogP contribution in [0.3, 0.4) is 0 Å². The summed E-state index contributed by atoms with van der Waals surface area (Å²) in [5.41, 5.74) is 7.82. The largest absolute Gasteiger partial charge is 0.490 e. The second-order valence-electron chi connectivity index (χ2n) is 9.56. The number of nitrogens with one attached hydrogen (secondary N) is 1. The Morgan fingerprint density at radius 1 is 1.29 bits per heavy atom. The number of rotatable bonds is 7. The fourth-order valence-corrected chi connectivity index (χ4v) is 4.80. The first-order chi connectivity index (χ1) is 16.8. The molecule has 0 saturated carbocycles. The summed E-state index contributed by atoms with van der Waals surface area (Å²) in [5, 5.41) is 13.5. The van der Waals surface area contributed by atoms with Crippen LogP contribution in [-0.2, 0) is 4.79 Å². The number of fused-ring (bicyclic) bond motifs is 1. The summed E-state index contributed by atoms with van der Waals surface area (Å²) in [5.74, 6) is 0.503. The lowest BCUT2D eigenvalue weighted by molar-refractivity contribution is -0.131. The number of amides is 2. The molecule has 0 radical (unpaired) electrons. The molecule has 35 heavy (non-hydrogen) atoms. The Kier molecular flexibility index (Phi) is 7.12. The van der Waals surface area contributed by atoms with Gasteiger partial charge in [0.05, 0.1) is 24.0 Å². The maximum Gasteiger partial charge on any atom is 0.251 e. The SMILES string of the molecule is CCC[C@H](c1cccc(C(=O)NC2c3ccccc3OCC2O)c1)N1C(=O)CC(C)(CC)N=C1N. The second-order valence-corrected chi connectivity index (χ2v) is 9.56. The normalized spacial score (nSPS) is 24.7. The summed E-state index contributed by atoms with van der Waals surface area (Å²) >= 11 is 0. The molecule has 2 aromatic carbocycles. The highest BCUT2D eigenvalue weighted by Crippen LogP contribution is 2.34. The van der Waals surface area contributed by atoms with Gasteiger partial charge < -0.3 is 20.9 Å². The minimum Gasteiger partial charge on any atom is -0.490 e. The van der Waals surface area contributed by atoms with E-state index in [1.165, 1.54) is 0 Å². The molecule has 2 aromatic rings. The summed E-state index contributed by atoms with van der Waals surface area (Å²) in [6.45, 7) is 6.09. The van der Waals surface area contributed by atoms with Crippen LogP contribution in [0.15, 0.2) is 53.5 Å². The number of nitrogens with two attached hydrogens (primary N) is 1. The van der Waals surface area contributed by atoms with E-state index in [-0.39, 0.29) is 30.4 Å². The van der Waals surface area contributed by atoms with Gasteiger partial charge in [-0.05, 0) is 43.5 Å². The molecular weight excluding hydrogens is 444 g/mol. The summed E-state index contributed by atoms with van der Waals surface area (Å²) in [6.07, 6.45) is 1.67. The van der Waals surface area contributed by atoms with Gasteiger partial charge in [-0.3, -0.25) is 14.5 Å². The maximum atomic E-state index is 13.2. The first-order valence-electron chi connectivity index (χ1n) is 12.2. The number of carbonyl (C=O) groups excluding carboxylic acids is 2. The molecule has 2 aliphatic rings. The van der Waals surface area contributed by atoms with E-state index in [2.05, 4.69) is 10.3 Å². The number of carbonyl (C=O) groups is 2. The zero-order valence-electron chi connectivity index (χ0n) is 20.5. The van der Waals surface area contributed by atoms with Crippen molar-refractivity contribution in [1.82, 2.24) is 10.2 Å². The Labute approximate surface area is 206 Å². The highest BCUT2D eigenvalue weighted by atomic mass is 16.5. The Balaban J connectivity index is 1.61. The van der Waals surface area contributed by atoms with Crippen LogP contribution in [0.5, 0.6) is 5.75 Å². The topological polar surface area (TPSA) is 117 Å². The van der Waals surface area contributed by atoms with Crippen molar-refractivity contribution in [2.24, 2.45) is 10.7 Å². The Morgan fingerprint density at radius 2 is 2.06 bits per heavy atom. The summed E-state index contributed by atoms with van der Waals surface area (Å²) in [6, 6.07) is 13.7. The Bertz CT molecular complexity index is 1130. The van der Waals surface area contributed by atoms with Crippen LogP contribution < -0.4 is 15.8 Å². The smallest absolute Gasteiger partial charge is 0.251 e. The van der Waals surface area contributed by atoms with E-state index in [0.717, 1.165) is 24.0 Å². The molecule has 3 unspecified atom stereocenters. The molecule has 0 aromatic heterocycles. The highest BCUT2D eigenvalue weighted by molar-refractivity contribution is 5.99. The lowest BCUT2D eigenvalue weighted by atomic mass is 9.91. The minimum atomic E-state index is -0.861. The number of hydrogen-bond donors (Lipinski definition) is 3. The fraction of sp³-hybridized carbons (Fsp3) is 0.444. The first-order valence-corrected chi connectivity index (χ1v) is 12.2. The van der Waals surface area contributed by atoms with Crippen LogP contribution in [0, 0.1) is 0 Å². The molecule has 4 N–H and O–H groups in total. The number of hydrogen-bond acceptors (Lipinski definition) is 6. The molecule has 0 spiro atoms. The van der Waals surface area contributed by atoms with Crippen molar-refractivity contribution in [3.63, 3.8) is 0 Å². The average molecular weight is 479 g/mol. The zero-order chi connectivity index (χ0) is 25.2. The Morgan fingerprint density at radius 3 is 2.77 bits per heavy atom. The van der Waals surface area contributed by atoms with Gasteiger partial charge >= 0.3 is 0 Å². The monoisotopic (exact) mass is 478 g/mol. The van der Waals surface area contributed by atoms with Gasteiger partial charge in [-0.25, -0.2) is 4.99 Å². The molecule has 0 fully saturated rings. The van der Waals surface area contributed by atoms with Gasteiger partial charge in [0.2, 0.25) is 5.91 Å². The molecule has 4 rings (SSSR count). The van der Waals surface area contributed by atoms with Gasteiger partial charge in [-0.2, -0.15) is 0 Å². The maximum absolute atomic E-state index is 13.2. The number of aliphatic imine (C=N–C) groups is 1. The van der Waals surface area contributed by atoms with Crippen LogP contribution in [0.4, 0.5) is 0 Å². The second kappa shape index (κ2) is 10.1. The van der Waals surface area contributed by atoms with Crippen molar-refractivity contribution in [2.75, 3.05) is 6.61 Å². The molecule has 2 heterocycles. The predicted octanol–water partition coefficient (Wildman–Crippen LogP) is 3.47. The van der Waals surface area contributed by atoms with Crippen LogP contribution in [-0.4, -0.2) is 46.0 Å². The van der Waals surface area contributed by atoms with Gasteiger partial charge in [0, 0.05) is 11.1 Å². The van der Waals surface area contributed by atoms with E-state index in [4.69, 9.17) is 10.5 Å². The van der Waals surface area contributed by atoms with E-state index in [1.807, 2.05) is 51.1 Å². The molecule has 186 valence electrons. The number of ether oxygens (including phenoxy) is 1. The molecule has 0 aliphatic carbocycles. The van der Waals surface area contributed by atoms with Crippen molar-refractivity contribution < 1.29 is 19.4 Å². The molecule has 0 bridgehead atoms. The fourth-order valence-electron chi connectivity index (χ4n) is 4.80. The first kappa shape index (κ1) is 24.7. The van der Waals surface area contributed by atoms with Crippen molar-refractivity contribution in [3.8, 4) is 5.75 Å². The molecular formula is C27H34N4O4. The summed E-state index contributed by atoms with van der Waals surface area (Å²) in [7, 11) is 0. The van der Waals surface area contributed by atoms with E-state index < -0.39 is 17.7 Å². The van der Waals surface area contributed by atoms with Gasteiger partial charge in [0.25, 0.3) is 5.91 Å². The van der Waals surface area contributed by atoms with E-state index >= 15 is 0 Å². The number of aliphatic hydroxyl groups is 1. The van der Waals surface area contributed by atoms with Gasteiger partial charge in [0.1, 0.15) is 18.5 Å². The van der Waals surface area contributed by atoms with Gasteiger partial charge in [0.15, 0.2) is 5.96 Å². The third-order valence-electron chi connectivity index (χ3n) is 6.94. The standard InChI is InChI=1S/C27H34N4O4/c1-4-9-20(31-23(33)15-27(3,5-2)30-26(31)28)17-10-8-11-18(14-17)25(34)29-24-19-12-6-7-13-22(19)35-16-21(24)32/h6-8,10-14,20-21,24,32H,4-5,9,15-16H2,1-3H3,(H2,28,30)(H,29,34)/t20-,21?,24?,27?/m1/s1. The van der Waals surface area contributed by atoms with E-state index in [0.29, 0.717) is 24.2 Å². The highest BCUT2D eigenvalue weighted by Gasteiger charge is 2.38. The quantitative estimate of drug-likeness (QED) is 0.563. The molecule has 2 aliphatic heterocycles. The molecule has 8 heteroatoms. The predicted molar refractivity (Wildman–Crippen MR) is 134 cm³/mol. The van der Waals surface area contributed by atoms with Crippen LogP contribution in [0.2, 0.25) is 0 Å². The van der Waals surface area contributed by atoms with E-state index in [9.17, 15) is 14.7 Å². The molecule has 4 atom stereocenters.